The maximum absolute atomic E-state index is 13.4. The van der Waals surface area contributed by atoms with Crippen molar-refractivity contribution in [1.29, 1.82) is 0 Å². The van der Waals surface area contributed by atoms with Crippen molar-refractivity contribution in [2.75, 3.05) is 24.7 Å². The summed E-state index contributed by atoms with van der Waals surface area (Å²) in [6, 6.07) is 5.35. The zero-order chi connectivity index (χ0) is 16.4. The highest BCUT2D eigenvalue weighted by molar-refractivity contribution is 7.99. The normalized spacial score (nSPS) is 25.0. The summed E-state index contributed by atoms with van der Waals surface area (Å²) < 4.78 is 18.6. The number of amides is 3. The standard InChI is InChI=1S/C15H17FN2O4S/c16-11-3-1-2-4-12(11)22-8-10(19)7-18-13(20)15(17-14(18)21)5-6-23-9-15/h1-4,10,19H,5-9H2,(H,17,21)/t10-,15+/m1/s1. The van der Waals surface area contributed by atoms with Gasteiger partial charge >= 0.3 is 6.03 Å². The highest BCUT2D eigenvalue weighted by atomic mass is 32.2. The second-order valence-electron chi connectivity index (χ2n) is 5.63. The van der Waals surface area contributed by atoms with E-state index in [0.29, 0.717) is 12.2 Å². The van der Waals surface area contributed by atoms with Gasteiger partial charge in [0.25, 0.3) is 5.91 Å². The van der Waals surface area contributed by atoms with Gasteiger partial charge in [-0.3, -0.25) is 9.69 Å². The lowest BCUT2D eigenvalue weighted by atomic mass is 9.99. The number of aliphatic hydroxyl groups excluding tert-OH is 1. The van der Waals surface area contributed by atoms with Crippen LogP contribution in [-0.2, 0) is 4.79 Å². The first-order valence-electron chi connectivity index (χ1n) is 7.29. The van der Waals surface area contributed by atoms with Crippen molar-refractivity contribution in [3.63, 3.8) is 0 Å². The molecule has 1 spiro atoms. The Hall–Kier alpha value is -1.80. The van der Waals surface area contributed by atoms with Crippen molar-refractivity contribution in [3.05, 3.63) is 30.1 Å². The summed E-state index contributed by atoms with van der Waals surface area (Å²) in [5.41, 5.74) is -0.826. The Balaban J connectivity index is 1.57. The van der Waals surface area contributed by atoms with Crippen LogP contribution in [0.1, 0.15) is 6.42 Å². The summed E-state index contributed by atoms with van der Waals surface area (Å²) in [7, 11) is 0. The van der Waals surface area contributed by atoms with E-state index in [4.69, 9.17) is 4.74 Å². The molecular formula is C15H17FN2O4S. The fourth-order valence-electron chi connectivity index (χ4n) is 2.69. The van der Waals surface area contributed by atoms with Crippen LogP contribution in [0.25, 0.3) is 0 Å². The number of carbonyl (C=O) groups is 2. The van der Waals surface area contributed by atoms with Gasteiger partial charge in [-0.1, -0.05) is 12.1 Å². The molecule has 2 N–H and O–H groups in total. The number of rotatable bonds is 5. The van der Waals surface area contributed by atoms with Crippen LogP contribution in [0.3, 0.4) is 0 Å². The molecule has 124 valence electrons. The highest BCUT2D eigenvalue weighted by Crippen LogP contribution is 2.33. The molecule has 0 radical (unpaired) electrons. The second-order valence-corrected chi connectivity index (χ2v) is 6.73. The van der Waals surface area contributed by atoms with E-state index < -0.39 is 23.5 Å². The summed E-state index contributed by atoms with van der Waals surface area (Å²) in [5.74, 6) is 0.552. The van der Waals surface area contributed by atoms with Gasteiger partial charge in [-0.05, 0) is 24.3 Å². The quantitative estimate of drug-likeness (QED) is 0.782. The number of ether oxygens (including phenoxy) is 1. The minimum atomic E-state index is -1.09. The van der Waals surface area contributed by atoms with Crippen molar-refractivity contribution in [1.82, 2.24) is 10.2 Å². The number of hydrogen-bond acceptors (Lipinski definition) is 5. The van der Waals surface area contributed by atoms with Gasteiger partial charge in [0.1, 0.15) is 18.2 Å². The molecular weight excluding hydrogens is 323 g/mol. The number of thioether (sulfide) groups is 1. The molecule has 0 saturated carbocycles. The fourth-order valence-corrected chi connectivity index (χ4v) is 4.01. The van der Waals surface area contributed by atoms with Gasteiger partial charge in [-0.25, -0.2) is 9.18 Å². The predicted molar refractivity (Wildman–Crippen MR) is 82.8 cm³/mol. The number of hydrogen-bond donors (Lipinski definition) is 2. The van der Waals surface area contributed by atoms with Crippen LogP contribution >= 0.6 is 11.8 Å². The van der Waals surface area contributed by atoms with Gasteiger partial charge < -0.3 is 15.2 Å². The van der Waals surface area contributed by atoms with Crippen molar-refractivity contribution < 1.29 is 23.8 Å². The van der Waals surface area contributed by atoms with Crippen LogP contribution in [0.15, 0.2) is 24.3 Å². The molecule has 3 rings (SSSR count). The average molecular weight is 340 g/mol. The van der Waals surface area contributed by atoms with Crippen LogP contribution < -0.4 is 10.1 Å². The molecule has 2 aliphatic rings. The number of nitrogens with one attached hydrogen (secondary N) is 1. The van der Waals surface area contributed by atoms with Crippen LogP contribution in [0, 0.1) is 5.82 Å². The van der Waals surface area contributed by atoms with Crippen molar-refractivity contribution in [3.8, 4) is 5.75 Å². The van der Waals surface area contributed by atoms with E-state index in [-0.39, 0.29) is 24.8 Å². The first kappa shape index (κ1) is 16.1. The number of β-amino-alcohol motifs (C(OH)–C–C–N with tert-alkyl or cyclic N) is 1. The van der Waals surface area contributed by atoms with Gasteiger partial charge in [0.05, 0.1) is 6.54 Å². The molecule has 0 bridgehead atoms. The topological polar surface area (TPSA) is 78.9 Å². The number of benzene rings is 1. The number of urea groups is 1. The maximum atomic E-state index is 13.4. The highest BCUT2D eigenvalue weighted by Gasteiger charge is 2.53. The summed E-state index contributed by atoms with van der Waals surface area (Å²) in [6.45, 7) is -0.384. The van der Waals surface area contributed by atoms with Gasteiger partial charge in [0.15, 0.2) is 11.6 Å². The third-order valence-electron chi connectivity index (χ3n) is 3.93. The minimum absolute atomic E-state index is 0.0208. The molecule has 2 aliphatic heterocycles. The van der Waals surface area contributed by atoms with E-state index in [1.807, 2.05) is 0 Å². The zero-order valence-corrected chi connectivity index (χ0v) is 13.1. The average Bonchev–Trinajstić information content (AvgIpc) is 3.08. The van der Waals surface area contributed by atoms with Crippen LogP contribution in [-0.4, -0.2) is 58.2 Å². The Morgan fingerprint density at radius 2 is 2.22 bits per heavy atom. The first-order chi connectivity index (χ1) is 11.0. The van der Waals surface area contributed by atoms with E-state index in [9.17, 15) is 19.1 Å². The van der Waals surface area contributed by atoms with Crippen LogP contribution in [0.5, 0.6) is 5.75 Å². The number of aliphatic hydroxyl groups is 1. The monoisotopic (exact) mass is 340 g/mol. The number of nitrogens with zero attached hydrogens (tertiary/aromatic N) is 1. The molecule has 0 unspecified atom stereocenters. The molecule has 0 aromatic heterocycles. The largest absolute Gasteiger partial charge is 0.488 e. The van der Waals surface area contributed by atoms with E-state index in [2.05, 4.69) is 5.32 Å². The summed E-state index contributed by atoms with van der Waals surface area (Å²) in [4.78, 5) is 25.4. The van der Waals surface area contributed by atoms with Gasteiger partial charge in [-0.2, -0.15) is 11.8 Å². The molecule has 1 aromatic rings. The third kappa shape index (κ3) is 3.13. The molecule has 0 aliphatic carbocycles. The van der Waals surface area contributed by atoms with E-state index in [1.54, 1.807) is 17.8 Å². The molecule has 3 amide bonds. The molecule has 1 aromatic carbocycles. The minimum Gasteiger partial charge on any atom is -0.488 e. The summed E-state index contributed by atoms with van der Waals surface area (Å²) in [5, 5.41) is 12.7. The smallest absolute Gasteiger partial charge is 0.325 e. The molecule has 2 heterocycles. The Kier molecular flexibility index (Phi) is 4.45. The lowest BCUT2D eigenvalue weighted by molar-refractivity contribution is -0.131. The third-order valence-corrected chi connectivity index (χ3v) is 5.12. The van der Waals surface area contributed by atoms with Gasteiger partial charge in [0.2, 0.25) is 0 Å². The lowest BCUT2D eigenvalue weighted by Gasteiger charge is -2.21. The molecule has 23 heavy (non-hydrogen) atoms. The summed E-state index contributed by atoms with van der Waals surface area (Å²) in [6.07, 6.45) is -0.492. The number of carbonyl (C=O) groups excluding carboxylic acids is 2. The molecule has 2 atom stereocenters. The van der Waals surface area contributed by atoms with Gasteiger partial charge in [-0.15, -0.1) is 0 Å². The van der Waals surface area contributed by atoms with E-state index >= 15 is 0 Å². The van der Waals surface area contributed by atoms with E-state index in [1.165, 1.54) is 18.2 Å². The number of imide groups is 1. The Morgan fingerprint density at radius 1 is 1.43 bits per heavy atom. The summed E-state index contributed by atoms with van der Waals surface area (Å²) >= 11 is 1.61. The fraction of sp³-hybridized carbons (Fsp3) is 0.467. The Morgan fingerprint density at radius 3 is 2.91 bits per heavy atom. The number of halogens is 1. The maximum Gasteiger partial charge on any atom is 0.325 e. The molecule has 2 saturated heterocycles. The van der Waals surface area contributed by atoms with Gasteiger partial charge in [0, 0.05) is 5.75 Å². The number of para-hydroxylation sites is 1. The SMILES string of the molecule is O=C1N[C@]2(CCSC2)C(=O)N1C[C@@H](O)COc1ccccc1F. The Bertz CT molecular complexity index is 621. The molecule has 8 heteroatoms. The molecule has 2 fully saturated rings. The van der Waals surface area contributed by atoms with Crippen molar-refractivity contribution in [2.45, 2.75) is 18.1 Å². The lowest BCUT2D eigenvalue weighted by Crippen LogP contribution is -2.47. The second kappa shape index (κ2) is 6.37. The van der Waals surface area contributed by atoms with Crippen LogP contribution in [0.4, 0.5) is 9.18 Å². The van der Waals surface area contributed by atoms with Crippen LogP contribution in [0.2, 0.25) is 0 Å². The van der Waals surface area contributed by atoms with E-state index in [0.717, 1.165) is 10.7 Å². The first-order valence-corrected chi connectivity index (χ1v) is 8.44. The molecule has 6 nitrogen and oxygen atoms in total. The zero-order valence-electron chi connectivity index (χ0n) is 12.3. The van der Waals surface area contributed by atoms with Crippen molar-refractivity contribution in [2.24, 2.45) is 0 Å². The van der Waals surface area contributed by atoms with Crippen molar-refractivity contribution >= 4 is 23.7 Å². The Labute approximate surface area is 137 Å². The predicted octanol–water partition coefficient (Wildman–Crippen LogP) is 0.993.